The van der Waals surface area contributed by atoms with Crippen LogP contribution in [-0.2, 0) is 10.0 Å². The molecule has 2 rings (SSSR count). The Balaban J connectivity index is 2.35. The Kier molecular flexibility index (Phi) is 3.67. The highest BCUT2D eigenvalue weighted by molar-refractivity contribution is 7.93. The van der Waals surface area contributed by atoms with Gasteiger partial charge in [0.15, 0.2) is 0 Å². The fourth-order valence-corrected chi connectivity index (χ4v) is 2.99. The number of rotatable bonds is 5. The van der Waals surface area contributed by atoms with Crippen LogP contribution in [0.2, 0.25) is 0 Å². The van der Waals surface area contributed by atoms with Crippen LogP contribution < -0.4 is 10.0 Å². The van der Waals surface area contributed by atoms with Gasteiger partial charge in [-0.2, -0.15) is 0 Å². The van der Waals surface area contributed by atoms with Crippen molar-refractivity contribution >= 4 is 32.4 Å². The molecule has 0 bridgehead atoms. The molecule has 10 heteroatoms. The van der Waals surface area contributed by atoms with Crippen molar-refractivity contribution in [2.45, 2.75) is 11.8 Å². The van der Waals surface area contributed by atoms with E-state index in [9.17, 15) is 8.42 Å². The molecular weight excluding hydrogens is 276 g/mol. The Morgan fingerprint density at radius 1 is 1.44 bits per heavy atom. The van der Waals surface area contributed by atoms with Crippen LogP contribution in [0.15, 0.2) is 23.4 Å². The van der Waals surface area contributed by atoms with Gasteiger partial charge in [0, 0.05) is 30.5 Å². The summed E-state index contributed by atoms with van der Waals surface area (Å²) in [7, 11) is -3.74. The molecule has 0 unspecified atom stereocenters. The number of nitrogens with zero attached hydrogens (tertiary/aromatic N) is 4. The average Bonchev–Trinajstić information content (AvgIpc) is 2.82. The molecule has 2 N–H and O–H groups in total. The van der Waals surface area contributed by atoms with Crippen LogP contribution >= 0.6 is 11.5 Å². The summed E-state index contributed by atoms with van der Waals surface area (Å²) >= 11 is 0.860. The summed E-state index contributed by atoms with van der Waals surface area (Å²) in [5.74, 6) is 0. The second-order valence-electron chi connectivity index (χ2n) is 3.18. The van der Waals surface area contributed by atoms with Gasteiger partial charge in [0.25, 0.3) is 10.0 Å². The quantitative estimate of drug-likeness (QED) is 0.826. The van der Waals surface area contributed by atoms with Gasteiger partial charge in [0.1, 0.15) is 4.90 Å². The maximum absolute atomic E-state index is 12.1. The molecule has 0 spiro atoms. The summed E-state index contributed by atoms with van der Waals surface area (Å²) in [5.41, 5.74) is 0.484. The molecule has 0 radical (unpaired) electrons. The third-order valence-electron chi connectivity index (χ3n) is 1.96. The first-order valence-electron chi connectivity index (χ1n) is 4.99. The zero-order chi connectivity index (χ0) is 13.0. The van der Waals surface area contributed by atoms with Crippen LogP contribution in [0.4, 0.5) is 10.8 Å². The van der Waals surface area contributed by atoms with Gasteiger partial charge in [-0.1, -0.05) is 9.59 Å². The minimum absolute atomic E-state index is 0.0575. The van der Waals surface area contributed by atoms with Crippen LogP contribution in [0, 0.1) is 0 Å². The van der Waals surface area contributed by atoms with Gasteiger partial charge in [-0.3, -0.25) is 9.71 Å². The number of nitrogens with one attached hydrogen (secondary N) is 2. The summed E-state index contributed by atoms with van der Waals surface area (Å²) in [4.78, 5) is 3.87. The average molecular weight is 286 g/mol. The molecule has 0 atom stereocenters. The second-order valence-corrected chi connectivity index (χ2v) is 5.56. The lowest BCUT2D eigenvalue weighted by molar-refractivity contribution is 0.601. The predicted octanol–water partition coefficient (Wildman–Crippen LogP) is 0.561. The van der Waals surface area contributed by atoms with Crippen LogP contribution in [0.1, 0.15) is 6.92 Å². The maximum Gasteiger partial charge on any atom is 0.267 e. The first-order valence-corrected chi connectivity index (χ1v) is 7.25. The van der Waals surface area contributed by atoms with E-state index in [4.69, 9.17) is 0 Å². The summed E-state index contributed by atoms with van der Waals surface area (Å²) in [6.45, 7) is 2.48. The zero-order valence-electron chi connectivity index (χ0n) is 9.36. The summed E-state index contributed by atoms with van der Waals surface area (Å²) in [6, 6.07) is 1.59. The minimum atomic E-state index is -3.74. The normalized spacial score (nSPS) is 11.2. The van der Waals surface area contributed by atoms with Crippen molar-refractivity contribution in [1.29, 1.82) is 0 Å². The Labute approximate surface area is 108 Å². The highest BCUT2D eigenvalue weighted by atomic mass is 32.2. The number of hydrogen-bond donors (Lipinski definition) is 2. The van der Waals surface area contributed by atoms with Gasteiger partial charge >= 0.3 is 0 Å². The van der Waals surface area contributed by atoms with E-state index in [1.165, 1.54) is 12.4 Å². The van der Waals surface area contributed by atoms with Crippen molar-refractivity contribution in [1.82, 2.24) is 19.8 Å². The van der Waals surface area contributed by atoms with E-state index in [1.54, 1.807) is 6.07 Å². The molecule has 0 aliphatic heterocycles. The largest absolute Gasteiger partial charge is 0.384 e. The van der Waals surface area contributed by atoms with E-state index in [0.29, 0.717) is 12.2 Å². The van der Waals surface area contributed by atoms with E-state index in [0.717, 1.165) is 11.5 Å². The van der Waals surface area contributed by atoms with Crippen molar-refractivity contribution in [3.8, 4) is 0 Å². The monoisotopic (exact) mass is 286 g/mol. The van der Waals surface area contributed by atoms with Crippen LogP contribution in [0.5, 0.6) is 0 Å². The third-order valence-corrected chi connectivity index (χ3v) is 3.97. The van der Waals surface area contributed by atoms with Gasteiger partial charge in [-0.15, -0.1) is 0 Å². The van der Waals surface area contributed by atoms with Gasteiger partial charge in [0.2, 0.25) is 5.13 Å². The molecule has 18 heavy (non-hydrogen) atoms. The highest BCUT2D eigenvalue weighted by Gasteiger charge is 2.20. The Bertz CT molecular complexity index is 612. The van der Waals surface area contributed by atoms with E-state index in [2.05, 4.69) is 29.8 Å². The Hall–Kier alpha value is -1.81. The van der Waals surface area contributed by atoms with Crippen molar-refractivity contribution in [3.05, 3.63) is 18.5 Å². The van der Waals surface area contributed by atoms with Crippen LogP contribution in [0.3, 0.4) is 0 Å². The molecule has 8 nitrogen and oxygen atoms in total. The molecule has 0 fully saturated rings. The topological polar surface area (TPSA) is 110 Å². The predicted molar refractivity (Wildman–Crippen MR) is 66.9 cm³/mol. The first-order chi connectivity index (χ1) is 8.63. The lowest BCUT2D eigenvalue weighted by atomic mass is 10.4. The van der Waals surface area contributed by atoms with Crippen LogP contribution in [-0.4, -0.2) is 34.7 Å². The lowest BCUT2D eigenvalue weighted by Crippen LogP contribution is -2.15. The van der Waals surface area contributed by atoms with Crippen molar-refractivity contribution < 1.29 is 8.42 Å². The molecule has 0 aliphatic rings. The Morgan fingerprint density at radius 3 is 2.94 bits per heavy atom. The lowest BCUT2D eigenvalue weighted by Gasteiger charge is -2.10. The standard InChI is InChI=1S/C8H10N6O2S2/c1-2-10-6-3-4-9-5-7(6)18(15,16)12-8-11-13-14-17-8/h3-5H,2H2,1H3,(H,9,10)(H,11,12,14). The molecule has 2 aromatic heterocycles. The molecule has 0 saturated carbocycles. The molecular formula is C8H10N6O2S2. The number of aromatic nitrogens is 4. The summed E-state index contributed by atoms with van der Waals surface area (Å²) in [5, 5.41) is 9.91. The van der Waals surface area contributed by atoms with Gasteiger partial charge < -0.3 is 5.32 Å². The maximum atomic E-state index is 12.1. The number of anilines is 2. The van der Waals surface area contributed by atoms with Crippen molar-refractivity contribution in [3.63, 3.8) is 0 Å². The molecule has 2 aromatic rings. The summed E-state index contributed by atoms with van der Waals surface area (Å²) in [6.07, 6.45) is 2.79. The molecule has 0 aromatic carbocycles. The summed E-state index contributed by atoms with van der Waals surface area (Å²) < 4.78 is 30.0. The first kappa shape index (κ1) is 12.6. The number of pyridine rings is 1. The second kappa shape index (κ2) is 5.23. The van der Waals surface area contributed by atoms with Gasteiger partial charge in [-0.05, 0) is 18.2 Å². The zero-order valence-corrected chi connectivity index (χ0v) is 11.0. The molecule has 0 amide bonds. The Morgan fingerprint density at radius 2 is 2.28 bits per heavy atom. The number of hydrogen-bond acceptors (Lipinski definition) is 8. The highest BCUT2D eigenvalue weighted by Crippen LogP contribution is 2.22. The molecule has 2 heterocycles. The number of sulfonamides is 1. The molecule has 0 aliphatic carbocycles. The fraction of sp³-hybridized carbons (Fsp3) is 0.250. The minimum Gasteiger partial charge on any atom is -0.384 e. The fourth-order valence-electron chi connectivity index (χ4n) is 1.27. The van der Waals surface area contributed by atoms with E-state index in [1.807, 2.05) is 6.92 Å². The van der Waals surface area contributed by atoms with Gasteiger partial charge in [0.05, 0.1) is 5.69 Å². The molecule has 96 valence electrons. The smallest absolute Gasteiger partial charge is 0.267 e. The van der Waals surface area contributed by atoms with Gasteiger partial charge in [-0.25, -0.2) is 8.42 Å². The van der Waals surface area contributed by atoms with E-state index >= 15 is 0 Å². The van der Waals surface area contributed by atoms with E-state index in [-0.39, 0.29) is 10.0 Å². The SMILES string of the molecule is CCNc1ccncc1S(=O)(=O)Nc1nnns1. The van der Waals surface area contributed by atoms with Crippen molar-refractivity contribution in [2.24, 2.45) is 0 Å². The van der Waals surface area contributed by atoms with Crippen LogP contribution in [0.25, 0.3) is 0 Å². The van der Waals surface area contributed by atoms with Crippen molar-refractivity contribution in [2.75, 3.05) is 16.6 Å². The van der Waals surface area contributed by atoms with E-state index < -0.39 is 10.0 Å². The third kappa shape index (κ3) is 2.71. The molecule has 0 saturated heterocycles.